The van der Waals surface area contributed by atoms with E-state index in [-0.39, 0.29) is 6.04 Å². The number of hydrogen-bond donors (Lipinski definition) is 1. The van der Waals surface area contributed by atoms with Crippen LogP contribution in [0.3, 0.4) is 0 Å². The molecular weight excluding hydrogens is 240 g/mol. The van der Waals surface area contributed by atoms with E-state index >= 15 is 0 Å². The average Bonchev–Trinajstić information content (AvgIpc) is 2.35. The van der Waals surface area contributed by atoms with Crippen molar-refractivity contribution >= 4 is 11.8 Å². The zero-order chi connectivity index (χ0) is 13.5. The van der Waals surface area contributed by atoms with Gasteiger partial charge >= 0.3 is 0 Å². The zero-order valence-corrected chi connectivity index (χ0v) is 12.8. The van der Waals surface area contributed by atoms with Crippen LogP contribution in [-0.4, -0.2) is 37.3 Å². The van der Waals surface area contributed by atoms with Gasteiger partial charge < -0.3 is 10.6 Å². The molecule has 0 aliphatic heterocycles. The normalized spacial score (nSPS) is 14.8. The molecule has 0 heterocycles. The highest BCUT2D eigenvalue weighted by atomic mass is 32.2. The van der Waals surface area contributed by atoms with Crippen LogP contribution in [0.5, 0.6) is 0 Å². The van der Waals surface area contributed by atoms with E-state index in [1.165, 1.54) is 11.1 Å². The van der Waals surface area contributed by atoms with Crippen LogP contribution in [0.2, 0.25) is 0 Å². The topological polar surface area (TPSA) is 29.3 Å². The summed E-state index contributed by atoms with van der Waals surface area (Å²) in [7, 11) is 4.22. The highest BCUT2D eigenvalue weighted by molar-refractivity contribution is 7.99. The molecule has 2 unspecified atom stereocenters. The first-order valence-corrected chi connectivity index (χ1v) is 7.68. The van der Waals surface area contributed by atoms with Crippen LogP contribution >= 0.6 is 11.8 Å². The van der Waals surface area contributed by atoms with Crippen LogP contribution in [-0.2, 0) is 0 Å². The smallest absolute Gasteiger partial charge is 0.0448 e. The highest BCUT2D eigenvalue weighted by Crippen LogP contribution is 2.32. The van der Waals surface area contributed by atoms with Gasteiger partial charge in [0.15, 0.2) is 0 Å². The van der Waals surface area contributed by atoms with Gasteiger partial charge in [0.25, 0.3) is 0 Å². The summed E-state index contributed by atoms with van der Waals surface area (Å²) in [5.74, 6) is 1.12. The lowest BCUT2D eigenvalue weighted by atomic mass is 10.0. The molecule has 2 N–H and O–H groups in total. The predicted octanol–water partition coefficient (Wildman–Crippen LogP) is 3.07. The van der Waals surface area contributed by atoms with Gasteiger partial charge in [0, 0.05) is 23.6 Å². The van der Waals surface area contributed by atoms with Gasteiger partial charge in [0.05, 0.1) is 0 Å². The minimum atomic E-state index is 0.236. The molecular formula is C15H26N2S. The number of nitrogens with zero attached hydrogens (tertiary/aromatic N) is 1. The largest absolute Gasteiger partial charge is 0.326 e. The molecule has 0 spiro atoms. The minimum Gasteiger partial charge on any atom is -0.326 e. The van der Waals surface area contributed by atoms with Crippen molar-refractivity contribution in [1.29, 1.82) is 0 Å². The Hall–Kier alpha value is -0.510. The Balaban J connectivity index is 2.68. The second-order valence-electron chi connectivity index (χ2n) is 5.08. The molecule has 2 nitrogen and oxygen atoms in total. The van der Waals surface area contributed by atoms with Gasteiger partial charge in [-0.05, 0) is 33.0 Å². The van der Waals surface area contributed by atoms with E-state index in [2.05, 4.69) is 57.1 Å². The maximum atomic E-state index is 6.27. The molecule has 0 aliphatic carbocycles. The first kappa shape index (κ1) is 15.5. The lowest BCUT2D eigenvalue weighted by molar-refractivity contribution is 0.437. The number of thioether (sulfide) groups is 1. The number of benzene rings is 1. The third-order valence-corrected chi connectivity index (χ3v) is 4.50. The van der Waals surface area contributed by atoms with Gasteiger partial charge in [0.2, 0.25) is 0 Å². The quantitative estimate of drug-likeness (QED) is 0.822. The Morgan fingerprint density at radius 2 is 1.83 bits per heavy atom. The van der Waals surface area contributed by atoms with E-state index in [1.54, 1.807) is 0 Å². The molecule has 102 valence electrons. The van der Waals surface area contributed by atoms with Gasteiger partial charge in [-0.1, -0.05) is 36.8 Å². The van der Waals surface area contributed by atoms with Gasteiger partial charge in [-0.15, -0.1) is 0 Å². The van der Waals surface area contributed by atoms with Crippen molar-refractivity contribution < 1.29 is 0 Å². The summed E-state index contributed by atoms with van der Waals surface area (Å²) >= 11 is 1.97. The molecule has 1 rings (SSSR count). The SMILES string of the molecule is CCC(N)C(SCCN(C)C)c1ccc(C)cc1. The average molecular weight is 266 g/mol. The molecule has 0 aromatic heterocycles. The van der Waals surface area contributed by atoms with E-state index < -0.39 is 0 Å². The maximum absolute atomic E-state index is 6.27. The summed E-state index contributed by atoms with van der Waals surface area (Å²) in [6, 6.07) is 9.03. The van der Waals surface area contributed by atoms with Crippen molar-refractivity contribution in [2.24, 2.45) is 5.73 Å². The van der Waals surface area contributed by atoms with Gasteiger partial charge in [-0.25, -0.2) is 0 Å². The lowest BCUT2D eigenvalue weighted by Gasteiger charge is -2.24. The molecule has 18 heavy (non-hydrogen) atoms. The molecule has 0 amide bonds. The summed E-state index contributed by atoms with van der Waals surface area (Å²) < 4.78 is 0. The van der Waals surface area contributed by atoms with Crippen molar-refractivity contribution in [3.8, 4) is 0 Å². The summed E-state index contributed by atoms with van der Waals surface area (Å²) in [5.41, 5.74) is 8.94. The maximum Gasteiger partial charge on any atom is 0.0448 e. The fraction of sp³-hybridized carbons (Fsp3) is 0.600. The zero-order valence-electron chi connectivity index (χ0n) is 12.0. The number of nitrogens with two attached hydrogens (primary N) is 1. The molecule has 0 bridgehead atoms. The van der Waals surface area contributed by atoms with Crippen LogP contribution in [0.15, 0.2) is 24.3 Å². The minimum absolute atomic E-state index is 0.236. The van der Waals surface area contributed by atoms with Crippen LogP contribution < -0.4 is 5.73 Å². The van der Waals surface area contributed by atoms with Crippen molar-refractivity contribution in [2.45, 2.75) is 31.6 Å². The molecule has 3 heteroatoms. The number of rotatable bonds is 7. The van der Waals surface area contributed by atoms with Crippen LogP contribution in [0.25, 0.3) is 0 Å². The van der Waals surface area contributed by atoms with E-state index in [1.807, 2.05) is 11.8 Å². The summed E-state index contributed by atoms with van der Waals surface area (Å²) in [5, 5.41) is 0.413. The Bertz CT molecular complexity index is 335. The third-order valence-electron chi connectivity index (χ3n) is 3.10. The number of aryl methyl sites for hydroxylation is 1. The molecule has 0 saturated carbocycles. The van der Waals surface area contributed by atoms with Gasteiger partial charge in [-0.2, -0.15) is 11.8 Å². The fourth-order valence-electron chi connectivity index (χ4n) is 1.80. The molecule has 0 aliphatic rings. The fourth-order valence-corrected chi connectivity index (χ4v) is 3.31. The summed E-state index contributed by atoms with van der Waals surface area (Å²) in [6.07, 6.45) is 1.02. The first-order chi connectivity index (χ1) is 8.54. The second kappa shape index (κ2) is 7.82. The second-order valence-corrected chi connectivity index (χ2v) is 6.33. The van der Waals surface area contributed by atoms with E-state index in [0.717, 1.165) is 18.7 Å². The Labute approximate surface area is 116 Å². The Morgan fingerprint density at radius 3 is 2.33 bits per heavy atom. The monoisotopic (exact) mass is 266 g/mol. The van der Waals surface area contributed by atoms with E-state index in [4.69, 9.17) is 5.73 Å². The van der Waals surface area contributed by atoms with Crippen molar-refractivity contribution in [2.75, 3.05) is 26.4 Å². The molecule has 1 aromatic rings. The van der Waals surface area contributed by atoms with Gasteiger partial charge in [0.1, 0.15) is 0 Å². The van der Waals surface area contributed by atoms with E-state index in [9.17, 15) is 0 Å². The van der Waals surface area contributed by atoms with E-state index in [0.29, 0.717) is 5.25 Å². The molecule has 2 atom stereocenters. The Kier molecular flexibility index (Phi) is 6.76. The molecule has 0 fully saturated rings. The molecule has 0 saturated heterocycles. The third kappa shape index (κ3) is 5.01. The molecule has 0 radical (unpaired) electrons. The van der Waals surface area contributed by atoms with Crippen molar-refractivity contribution in [3.63, 3.8) is 0 Å². The summed E-state index contributed by atoms with van der Waals surface area (Å²) in [4.78, 5) is 2.22. The lowest BCUT2D eigenvalue weighted by Crippen LogP contribution is -2.27. The van der Waals surface area contributed by atoms with Crippen LogP contribution in [0, 0.1) is 6.92 Å². The van der Waals surface area contributed by atoms with Gasteiger partial charge in [-0.3, -0.25) is 0 Å². The highest BCUT2D eigenvalue weighted by Gasteiger charge is 2.18. The summed E-state index contributed by atoms with van der Waals surface area (Å²) in [6.45, 7) is 5.39. The number of hydrogen-bond acceptors (Lipinski definition) is 3. The first-order valence-electron chi connectivity index (χ1n) is 6.63. The van der Waals surface area contributed by atoms with Crippen LogP contribution in [0.1, 0.15) is 29.7 Å². The Morgan fingerprint density at radius 1 is 1.22 bits per heavy atom. The van der Waals surface area contributed by atoms with Crippen LogP contribution in [0.4, 0.5) is 0 Å². The standard InChI is InChI=1S/C15H26N2S/c1-5-14(16)15(18-11-10-17(3)4)13-8-6-12(2)7-9-13/h6-9,14-15H,5,10-11,16H2,1-4H3. The predicted molar refractivity (Wildman–Crippen MR) is 83.2 cm³/mol. The van der Waals surface area contributed by atoms with Crippen molar-refractivity contribution in [1.82, 2.24) is 4.90 Å². The van der Waals surface area contributed by atoms with Crippen molar-refractivity contribution in [3.05, 3.63) is 35.4 Å². The molecule has 1 aromatic carbocycles.